The Morgan fingerprint density at radius 3 is 2.19 bits per heavy atom. The van der Waals surface area contributed by atoms with Crippen molar-refractivity contribution >= 4 is 11.7 Å². The Balaban J connectivity index is 1.97. The summed E-state index contributed by atoms with van der Waals surface area (Å²) < 4.78 is 49.1. The number of ether oxygens (including phenoxy) is 2. The molecule has 0 fully saturated rings. The van der Waals surface area contributed by atoms with Gasteiger partial charge in [0.05, 0.1) is 12.2 Å². The summed E-state index contributed by atoms with van der Waals surface area (Å²) in [7, 11) is 3.78. The largest absolute Gasteiger partial charge is 0.461 e. The van der Waals surface area contributed by atoms with Crippen LogP contribution in [0.15, 0.2) is 48.5 Å². The molecule has 0 saturated carbocycles. The molecule has 2 aromatic carbocycles. The molecule has 7 nitrogen and oxygen atoms in total. The van der Waals surface area contributed by atoms with Crippen molar-refractivity contribution in [2.24, 2.45) is 0 Å². The smallest absolute Gasteiger partial charge is 0.416 e. The molecule has 0 spiro atoms. The van der Waals surface area contributed by atoms with Crippen LogP contribution in [0.25, 0.3) is 11.4 Å². The molecule has 1 aromatic heterocycles. The van der Waals surface area contributed by atoms with Crippen LogP contribution in [0.2, 0.25) is 0 Å². The molecular formula is C21H19F3N4O3. The van der Waals surface area contributed by atoms with Gasteiger partial charge in [0.15, 0.2) is 5.82 Å². The second-order valence-corrected chi connectivity index (χ2v) is 6.58. The average molecular weight is 432 g/mol. The van der Waals surface area contributed by atoms with Crippen molar-refractivity contribution in [2.75, 3.05) is 25.6 Å². The lowest BCUT2D eigenvalue weighted by Gasteiger charge is -2.13. The van der Waals surface area contributed by atoms with Crippen molar-refractivity contribution in [3.63, 3.8) is 0 Å². The first-order valence-electron chi connectivity index (χ1n) is 9.23. The number of carbonyl (C=O) groups is 1. The molecule has 1 heterocycles. The van der Waals surface area contributed by atoms with Crippen LogP contribution in [0.4, 0.5) is 18.9 Å². The van der Waals surface area contributed by atoms with Crippen molar-refractivity contribution in [3.05, 3.63) is 59.8 Å². The number of hydrogen-bond donors (Lipinski definition) is 0. The maximum Gasteiger partial charge on any atom is 0.416 e. The number of hydrogen-bond acceptors (Lipinski definition) is 7. The summed E-state index contributed by atoms with van der Waals surface area (Å²) in [5.74, 6) is -0.556. The molecule has 0 aliphatic heterocycles. The fourth-order valence-electron chi connectivity index (χ4n) is 2.56. The highest BCUT2D eigenvalue weighted by molar-refractivity contribution is 5.89. The van der Waals surface area contributed by atoms with Crippen molar-refractivity contribution < 1.29 is 27.4 Å². The molecule has 10 heteroatoms. The quantitative estimate of drug-likeness (QED) is 0.527. The Morgan fingerprint density at radius 2 is 1.65 bits per heavy atom. The minimum Gasteiger partial charge on any atom is -0.461 e. The highest BCUT2D eigenvalue weighted by Crippen LogP contribution is 2.31. The topological polar surface area (TPSA) is 77.4 Å². The molecule has 162 valence electrons. The summed E-state index contributed by atoms with van der Waals surface area (Å²) in [6.07, 6.45) is -4.46. The Bertz CT molecular complexity index is 1050. The van der Waals surface area contributed by atoms with Gasteiger partial charge in [-0.05, 0) is 43.3 Å². The van der Waals surface area contributed by atoms with E-state index in [0.717, 1.165) is 17.8 Å². The van der Waals surface area contributed by atoms with Crippen molar-refractivity contribution in [3.8, 4) is 23.0 Å². The Kier molecular flexibility index (Phi) is 6.38. The molecule has 0 aliphatic rings. The van der Waals surface area contributed by atoms with Crippen LogP contribution in [0.1, 0.15) is 23.0 Å². The molecule has 0 radical (unpaired) electrons. The van der Waals surface area contributed by atoms with E-state index in [1.54, 1.807) is 19.1 Å². The van der Waals surface area contributed by atoms with Crippen LogP contribution in [0, 0.1) is 0 Å². The predicted octanol–water partition coefficient (Wildman–Crippen LogP) is 4.59. The highest BCUT2D eigenvalue weighted by Gasteiger charge is 2.30. The second-order valence-electron chi connectivity index (χ2n) is 6.58. The van der Waals surface area contributed by atoms with Gasteiger partial charge in [-0.3, -0.25) is 0 Å². The van der Waals surface area contributed by atoms with E-state index in [2.05, 4.69) is 15.2 Å². The molecule has 0 amide bonds. The number of benzene rings is 2. The number of esters is 1. The lowest BCUT2D eigenvalue weighted by molar-refractivity contribution is -0.137. The second kappa shape index (κ2) is 8.99. The summed E-state index contributed by atoms with van der Waals surface area (Å²) in [6, 6.07) is 11.3. The maximum absolute atomic E-state index is 12.8. The zero-order valence-corrected chi connectivity index (χ0v) is 17.0. The minimum absolute atomic E-state index is 0.00156. The first-order valence-corrected chi connectivity index (χ1v) is 9.23. The molecule has 0 aliphatic carbocycles. The van der Waals surface area contributed by atoms with Crippen LogP contribution < -0.4 is 9.64 Å². The van der Waals surface area contributed by atoms with E-state index in [-0.39, 0.29) is 29.6 Å². The summed E-state index contributed by atoms with van der Waals surface area (Å²) in [5, 5.41) is 7.70. The third-order valence-electron chi connectivity index (χ3n) is 4.16. The van der Waals surface area contributed by atoms with E-state index in [0.29, 0.717) is 5.75 Å². The number of nitrogens with zero attached hydrogens (tertiary/aromatic N) is 4. The van der Waals surface area contributed by atoms with Gasteiger partial charge in [0, 0.05) is 25.3 Å². The van der Waals surface area contributed by atoms with Gasteiger partial charge < -0.3 is 14.4 Å². The van der Waals surface area contributed by atoms with Gasteiger partial charge in [-0.25, -0.2) is 4.79 Å². The first kappa shape index (κ1) is 22.0. The number of anilines is 1. The summed E-state index contributed by atoms with van der Waals surface area (Å²) in [6.45, 7) is 1.74. The third-order valence-corrected chi connectivity index (χ3v) is 4.16. The Hall–Kier alpha value is -3.69. The van der Waals surface area contributed by atoms with Crippen molar-refractivity contribution in [1.82, 2.24) is 15.2 Å². The molecule has 3 aromatic rings. The fraction of sp³-hybridized carbons (Fsp3) is 0.238. The van der Waals surface area contributed by atoms with Crippen molar-refractivity contribution in [2.45, 2.75) is 13.1 Å². The standard InChI is InChI=1S/C21H19F3N4O3/c1-4-30-20(29)17-19(31-16-11-9-15(10-12-16)28(2)3)25-18(27-26-17)13-5-7-14(8-6-13)21(22,23)24/h5-12H,4H2,1-3H3. The lowest BCUT2D eigenvalue weighted by atomic mass is 10.1. The third kappa shape index (κ3) is 5.27. The SMILES string of the molecule is CCOC(=O)c1nnc(-c2ccc(C(F)(F)F)cc2)nc1Oc1ccc(N(C)C)cc1. The molecular weight excluding hydrogens is 413 g/mol. The molecule has 3 rings (SSSR count). The maximum atomic E-state index is 12.8. The summed E-state index contributed by atoms with van der Waals surface area (Å²) in [5.41, 5.74) is 0.173. The fourth-order valence-corrected chi connectivity index (χ4v) is 2.56. The lowest BCUT2D eigenvalue weighted by Crippen LogP contribution is -2.12. The van der Waals surface area contributed by atoms with E-state index in [9.17, 15) is 18.0 Å². The van der Waals surface area contributed by atoms with E-state index in [1.807, 2.05) is 31.1 Å². The normalized spacial score (nSPS) is 11.2. The molecule has 0 unspecified atom stereocenters. The number of alkyl halides is 3. The predicted molar refractivity (Wildman–Crippen MR) is 107 cm³/mol. The summed E-state index contributed by atoms with van der Waals surface area (Å²) in [4.78, 5) is 18.3. The zero-order valence-electron chi connectivity index (χ0n) is 17.0. The molecule has 0 bridgehead atoms. The van der Waals surface area contributed by atoms with Crippen LogP contribution in [0.3, 0.4) is 0 Å². The van der Waals surface area contributed by atoms with Crippen LogP contribution in [0.5, 0.6) is 11.6 Å². The molecule has 31 heavy (non-hydrogen) atoms. The molecule has 0 atom stereocenters. The average Bonchev–Trinajstić information content (AvgIpc) is 2.74. The summed E-state index contributed by atoms with van der Waals surface area (Å²) >= 11 is 0. The van der Waals surface area contributed by atoms with Gasteiger partial charge >= 0.3 is 12.1 Å². The Labute approximate surface area is 176 Å². The number of halogens is 3. The van der Waals surface area contributed by atoms with Gasteiger partial charge in [0.25, 0.3) is 5.88 Å². The number of aromatic nitrogens is 3. The number of rotatable bonds is 6. The van der Waals surface area contributed by atoms with E-state index in [1.165, 1.54) is 12.1 Å². The zero-order chi connectivity index (χ0) is 22.6. The van der Waals surface area contributed by atoms with E-state index >= 15 is 0 Å². The minimum atomic E-state index is -4.46. The Morgan fingerprint density at radius 1 is 1.00 bits per heavy atom. The van der Waals surface area contributed by atoms with Gasteiger partial charge in [0.2, 0.25) is 5.69 Å². The van der Waals surface area contributed by atoms with E-state index in [4.69, 9.17) is 9.47 Å². The van der Waals surface area contributed by atoms with Crippen LogP contribution >= 0.6 is 0 Å². The van der Waals surface area contributed by atoms with Crippen LogP contribution in [-0.4, -0.2) is 41.9 Å². The van der Waals surface area contributed by atoms with Crippen molar-refractivity contribution in [1.29, 1.82) is 0 Å². The van der Waals surface area contributed by atoms with Gasteiger partial charge in [-0.15, -0.1) is 10.2 Å². The van der Waals surface area contributed by atoms with Gasteiger partial charge in [-0.2, -0.15) is 18.2 Å². The monoisotopic (exact) mass is 432 g/mol. The van der Waals surface area contributed by atoms with E-state index < -0.39 is 17.7 Å². The molecule has 0 N–H and O–H groups in total. The first-order chi connectivity index (χ1) is 14.7. The molecule has 0 saturated heterocycles. The van der Waals surface area contributed by atoms with Gasteiger partial charge in [0.1, 0.15) is 5.75 Å². The van der Waals surface area contributed by atoms with Gasteiger partial charge in [-0.1, -0.05) is 12.1 Å². The highest BCUT2D eigenvalue weighted by atomic mass is 19.4. The number of carbonyl (C=O) groups excluding carboxylic acids is 1. The van der Waals surface area contributed by atoms with Crippen LogP contribution in [-0.2, 0) is 10.9 Å².